The normalized spacial score (nSPS) is 16.4. The van der Waals surface area contributed by atoms with Gasteiger partial charge in [0.25, 0.3) is 11.7 Å². The number of ether oxygens (including phenoxy) is 2. The highest BCUT2D eigenvalue weighted by Crippen LogP contribution is 2.42. The van der Waals surface area contributed by atoms with Gasteiger partial charge >= 0.3 is 0 Å². The highest BCUT2D eigenvalue weighted by atomic mass is 16.5. The third kappa shape index (κ3) is 5.20. The van der Waals surface area contributed by atoms with E-state index in [2.05, 4.69) is 11.6 Å². The number of benzene rings is 2. The quantitative estimate of drug-likeness (QED) is 0.120. The molecule has 1 amide bonds. The molecule has 0 radical (unpaired) electrons. The van der Waals surface area contributed by atoms with E-state index in [9.17, 15) is 14.7 Å². The van der Waals surface area contributed by atoms with Crippen molar-refractivity contribution in [2.45, 2.75) is 33.2 Å². The molecule has 8 nitrogen and oxygen atoms in total. The van der Waals surface area contributed by atoms with Gasteiger partial charge in [0, 0.05) is 12.7 Å². The second-order valence-electron chi connectivity index (χ2n) is 9.90. The minimum atomic E-state index is -0.850. The summed E-state index contributed by atoms with van der Waals surface area (Å²) >= 11 is 0. The van der Waals surface area contributed by atoms with Gasteiger partial charge in [-0.1, -0.05) is 55.1 Å². The zero-order chi connectivity index (χ0) is 29.1. The molecule has 0 spiro atoms. The molecule has 1 unspecified atom stereocenters. The van der Waals surface area contributed by atoms with Crippen molar-refractivity contribution in [1.82, 2.24) is 14.3 Å². The fourth-order valence-electron chi connectivity index (χ4n) is 5.26. The van der Waals surface area contributed by atoms with Crippen molar-refractivity contribution in [3.05, 3.63) is 113 Å². The standard InChI is InChI=1S/C33H33N3O5/c1-5-19-41-25-15-14-24(20-26(25)40-6-2)29-27(30(37)28-22(4)35-17-10-11-21(3)32(35)34-28)31(38)33(39)36(29)18-16-23-12-8-7-9-13-23/h5,7-15,17,20,29,37H,1,6,16,18-19H2,2-4H3/b30-27+. The smallest absolute Gasteiger partial charge is 0.295 e. The summed E-state index contributed by atoms with van der Waals surface area (Å²) < 4.78 is 13.5. The fourth-order valence-corrected chi connectivity index (χ4v) is 5.26. The molecule has 4 aromatic rings. The largest absolute Gasteiger partial charge is 0.505 e. The molecule has 2 aromatic carbocycles. The summed E-state index contributed by atoms with van der Waals surface area (Å²) in [5.74, 6) is -0.738. The lowest BCUT2D eigenvalue weighted by molar-refractivity contribution is -0.139. The van der Waals surface area contributed by atoms with Crippen LogP contribution in [0.15, 0.2) is 85.1 Å². The molecule has 0 bridgehead atoms. The molecule has 210 valence electrons. The van der Waals surface area contributed by atoms with Gasteiger partial charge in [-0.3, -0.25) is 9.59 Å². The van der Waals surface area contributed by atoms with Gasteiger partial charge in [0.05, 0.1) is 23.9 Å². The Morgan fingerprint density at radius 1 is 1.05 bits per heavy atom. The third-order valence-electron chi connectivity index (χ3n) is 7.27. The maximum atomic E-state index is 13.6. The number of hydrogen-bond donors (Lipinski definition) is 1. The Hall–Kier alpha value is -4.85. The number of aliphatic hydroxyl groups is 1. The number of aliphatic hydroxyl groups excluding tert-OH is 1. The molecular formula is C33H33N3O5. The Bertz CT molecular complexity index is 1650. The van der Waals surface area contributed by atoms with Gasteiger partial charge in [-0.25, -0.2) is 4.98 Å². The number of amides is 1. The van der Waals surface area contributed by atoms with E-state index in [1.165, 1.54) is 4.90 Å². The molecule has 8 heteroatoms. The van der Waals surface area contributed by atoms with E-state index in [4.69, 9.17) is 9.47 Å². The summed E-state index contributed by atoms with van der Waals surface area (Å²) in [7, 11) is 0. The van der Waals surface area contributed by atoms with Crippen LogP contribution in [0.25, 0.3) is 11.4 Å². The minimum absolute atomic E-state index is 0.00516. The van der Waals surface area contributed by atoms with E-state index in [1.54, 1.807) is 24.3 Å². The van der Waals surface area contributed by atoms with Gasteiger partial charge < -0.3 is 23.9 Å². The molecule has 5 rings (SSSR count). The van der Waals surface area contributed by atoms with Crippen LogP contribution in [0.3, 0.4) is 0 Å². The number of pyridine rings is 1. The predicted molar refractivity (Wildman–Crippen MR) is 157 cm³/mol. The fraction of sp³-hybridized carbons (Fsp3) is 0.242. The van der Waals surface area contributed by atoms with Crippen molar-refractivity contribution < 1.29 is 24.2 Å². The Labute approximate surface area is 239 Å². The molecule has 1 fully saturated rings. The number of fused-ring (bicyclic) bond motifs is 1. The monoisotopic (exact) mass is 551 g/mol. The molecule has 1 N–H and O–H groups in total. The van der Waals surface area contributed by atoms with Crippen LogP contribution in [0, 0.1) is 13.8 Å². The van der Waals surface area contributed by atoms with Gasteiger partial charge in [0.2, 0.25) is 0 Å². The first-order valence-electron chi connectivity index (χ1n) is 13.6. The van der Waals surface area contributed by atoms with E-state index in [-0.39, 0.29) is 23.6 Å². The van der Waals surface area contributed by atoms with Gasteiger partial charge in [-0.15, -0.1) is 0 Å². The number of likely N-dealkylation sites (tertiary alicyclic amines) is 1. The first-order valence-corrected chi connectivity index (χ1v) is 13.6. The third-order valence-corrected chi connectivity index (χ3v) is 7.27. The van der Waals surface area contributed by atoms with E-state index in [1.807, 2.05) is 73.8 Å². The molecule has 1 atom stereocenters. The summed E-state index contributed by atoms with van der Waals surface area (Å²) in [5.41, 5.74) is 4.16. The maximum absolute atomic E-state index is 13.6. The first kappa shape index (κ1) is 27.7. The molecule has 1 aliphatic heterocycles. The zero-order valence-electron chi connectivity index (χ0n) is 23.5. The Morgan fingerprint density at radius 3 is 2.54 bits per heavy atom. The molecule has 0 aliphatic carbocycles. The number of aryl methyl sites for hydroxylation is 2. The number of aromatic nitrogens is 2. The van der Waals surface area contributed by atoms with Gasteiger partial charge in [-0.05, 0) is 62.1 Å². The lowest BCUT2D eigenvalue weighted by Crippen LogP contribution is -2.31. The number of Topliss-reactive ketones (excluding diaryl/α,β-unsaturated/α-hetero) is 1. The molecule has 2 aromatic heterocycles. The lowest BCUT2D eigenvalue weighted by atomic mass is 9.95. The summed E-state index contributed by atoms with van der Waals surface area (Å²) in [6, 6.07) is 18.0. The van der Waals surface area contributed by atoms with Crippen LogP contribution in [0.2, 0.25) is 0 Å². The minimum Gasteiger partial charge on any atom is -0.505 e. The van der Waals surface area contributed by atoms with Crippen LogP contribution in [0.5, 0.6) is 11.5 Å². The predicted octanol–water partition coefficient (Wildman–Crippen LogP) is 5.58. The molecular weight excluding hydrogens is 518 g/mol. The van der Waals surface area contributed by atoms with Crippen molar-refractivity contribution in [1.29, 1.82) is 0 Å². The Balaban J connectivity index is 1.66. The van der Waals surface area contributed by atoms with Crippen molar-refractivity contribution in [3.63, 3.8) is 0 Å². The van der Waals surface area contributed by atoms with Crippen molar-refractivity contribution in [2.24, 2.45) is 0 Å². The number of carbonyl (C=O) groups excluding carboxylic acids is 2. The van der Waals surface area contributed by atoms with E-state index >= 15 is 0 Å². The first-order chi connectivity index (χ1) is 19.8. The number of ketones is 1. The second kappa shape index (κ2) is 11.7. The Kier molecular flexibility index (Phi) is 7.92. The van der Waals surface area contributed by atoms with Crippen LogP contribution in [-0.2, 0) is 16.0 Å². The maximum Gasteiger partial charge on any atom is 0.295 e. The van der Waals surface area contributed by atoms with Crippen molar-refractivity contribution >= 4 is 23.1 Å². The zero-order valence-corrected chi connectivity index (χ0v) is 23.5. The summed E-state index contributed by atoms with van der Waals surface area (Å²) in [6.07, 6.45) is 4.03. The molecule has 3 heterocycles. The number of nitrogens with zero attached hydrogens (tertiary/aromatic N) is 3. The lowest BCUT2D eigenvalue weighted by Gasteiger charge is -2.26. The molecule has 41 heavy (non-hydrogen) atoms. The van der Waals surface area contributed by atoms with Crippen molar-refractivity contribution in [2.75, 3.05) is 19.8 Å². The SMILES string of the molecule is C=CCOc1ccc(C2/C(=C(\O)c3nc4c(C)cccn4c3C)C(=O)C(=O)N2CCc2ccccc2)cc1OCC. The van der Waals surface area contributed by atoms with Gasteiger partial charge in [0.15, 0.2) is 17.3 Å². The number of carbonyl (C=O) groups is 2. The van der Waals surface area contributed by atoms with Crippen molar-refractivity contribution in [3.8, 4) is 11.5 Å². The number of imidazole rings is 1. The summed E-state index contributed by atoms with van der Waals surface area (Å²) in [5, 5.41) is 11.7. The average molecular weight is 552 g/mol. The van der Waals surface area contributed by atoms with Crippen LogP contribution in [0.4, 0.5) is 0 Å². The molecule has 0 saturated carbocycles. The summed E-state index contributed by atoms with van der Waals surface area (Å²) in [4.78, 5) is 33.3. The van der Waals surface area contributed by atoms with Crippen LogP contribution in [0.1, 0.15) is 41.0 Å². The van der Waals surface area contributed by atoms with Crippen LogP contribution in [-0.4, -0.2) is 50.8 Å². The number of hydrogen-bond acceptors (Lipinski definition) is 6. The van der Waals surface area contributed by atoms with Crippen LogP contribution >= 0.6 is 0 Å². The van der Waals surface area contributed by atoms with E-state index in [0.29, 0.717) is 48.0 Å². The topological polar surface area (TPSA) is 93.4 Å². The second-order valence-corrected chi connectivity index (χ2v) is 9.90. The highest BCUT2D eigenvalue weighted by Gasteiger charge is 2.46. The van der Waals surface area contributed by atoms with Gasteiger partial charge in [-0.2, -0.15) is 0 Å². The molecule has 1 saturated heterocycles. The highest BCUT2D eigenvalue weighted by molar-refractivity contribution is 6.46. The average Bonchev–Trinajstić information content (AvgIpc) is 3.45. The van der Waals surface area contributed by atoms with E-state index in [0.717, 1.165) is 11.1 Å². The molecule has 1 aliphatic rings. The van der Waals surface area contributed by atoms with Crippen LogP contribution < -0.4 is 9.47 Å². The van der Waals surface area contributed by atoms with E-state index < -0.39 is 17.7 Å². The Morgan fingerprint density at radius 2 is 1.83 bits per heavy atom. The number of rotatable bonds is 10. The van der Waals surface area contributed by atoms with Gasteiger partial charge in [0.1, 0.15) is 17.9 Å². The summed E-state index contributed by atoms with van der Waals surface area (Å²) in [6.45, 7) is 10.3.